The summed E-state index contributed by atoms with van der Waals surface area (Å²) < 4.78 is 5.02. The molecule has 22 heavy (non-hydrogen) atoms. The maximum atomic E-state index is 12.3. The highest BCUT2D eigenvalue weighted by atomic mass is 16.5. The Labute approximate surface area is 134 Å². The summed E-state index contributed by atoms with van der Waals surface area (Å²) in [5.74, 6) is 0.635. The number of hydrogen-bond acceptors (Lipinski definition) is 2. The average molecular weight is 300 g/mol. The van der Waals surface area contributed by atoms with Crippen molar-refractivity contribution in [2.45, 2.75) is 39.0 Å². The Morgan fingerprint density at radius 2 is 2.05 bits per heavy atom. The molecule has 0 fully saturated rings. The van der Waals surface area contributed by atoms with Crippen LogP contribution in [0.2, 0.25) is 0 Å². The van der Waals surface area contributed by atoms with Gasteiger partial charge in [-0.15, -0.1) is 6.58 Å². The van der Waals surface area contributed by atoms with Gasteiger partial charge >= 0.3 is 0 Å². The summed E-state index contributed by atoms with van der Waals surface area (Å²) in [6, 6.07) is 10.5. The number of benzene rings is 1. The van der Waals surface area contributed by atoms with Gasteiger partial charge in [0, 0.05) is 13.5 Å². The van der Waals surface area contributed by atoms with Crippen molar-refractivity contribution in [2.75, 3.05) is 13.7 Å². The second-order valence-electron chi connectivity index (χ2n) is 5.79. The van der Waals surface area contributed by atoms with Gasteiger partial charge in [0.05, 0.1) is 6.61 Å². The molecule has 0 spiro atoms. The van der Waals surface area contributed by atoms with Crippen LogP contribution < -0.4 is 0 Å². The Kier molecular flexibility index (Phi) is 9.17. The Morgan fingerprint density at radius 3 is 2.68 bits per heavy atom. The van der Waals surface area contributed by atoms with Gasteiger partial charge in [-0.3, -0.25) is 4.79 Å². The number of aryl methyl sites for hydroxylation is 1. The number of methoxy groups -OCH3 is 1. The Morgan fingerprint density at radius 1 is 1.32 bits per heavy atom. The average Bonchev–Trinajstić information content (AvgIpc) is 2.52. The number of Topliss-reactive ketones (excluding diaryl/α,β-unsaturated/α-hetero) is 1. The van der Waals surface area contributed by atoms with E-state index < -0.39 is 0 Å². The van der Waals surface area contributed by atoms with Crippen LogP contribution in [0.15, 0.2) is 54.6 Å². The lowest BCUT2D eigenvalue weighted by atomic mass is 9.93. The zero-order valence-electron chi connectivity index (χ0n) is 13.9. The second kappa shape index (κ2) is 11.0. The van der Waals surface area contributed by atoms with Gasteiger partial charge in [0.15, 0.2) is 5.78 Å². The van der Waals surface area contributed by atoms with Gasteiger partial charge in [-0.1, -0.05) is 49.4 Å². The van der Waals surface area contributed by atoms with Crippen LogP contribution >= 0.6 is 0 Å². The van der Waals surface area contributed by atoms with Gasteiger partial charge in [0.25, 0.3) is 0 Å². The maximum absolute atomic E-state index is 12.3. The molecule has 2 heteroatoms. The number of carbonyl (C=O) groups excluding carboxylic acids is 1. The number of rotatable bonds is 11. The number of carbonyl (C=O) groups is 1. The molecular weight excluding hydrogens is 272 g/mol. The van der Waals surface area contributed by atoms with Crippen molar-refractivity contribution in [2.24, 2.45) is 5.92 Å². The van der Waals surface area contributed by atoms with Crippen molar-refractivity contribution < 1.29 is 9.53 Å². The third-order valence-corrected chi connectivity index (χ3v) is 3.76. The van der Waals surface area contributed by atoms with Crippen molar-refractivity contribution >= 4 is 5.78 Å². The molecule has 1 atom stereocenters. The number of ether oxygens (including phenoxy) is 1. The van der Waals surface area contributed by atoms with Crippen LogP contribution in [0.5, 0.6) is 0 Å². The van der Waals surface area contributed by atoms with Crippen molar-refractivity contribution in [3.8, 4) is 0 Å². The van der Waals surface area contributed by atoms with E-state index in [4.69, 9.17) is 4.74 Å². The zero-order valence-corrected chi connectivity index (χ0v) is 13.9. The van der Waals surface area contributed by atoms with E-state index >= 15 is 0 Å². The second-order valence-corrected chi connectivity index (χ2v) is 5.79. The highest BCUT2D eigenvalue weighted by molar-refractivity contribution is 5.95. The summed E-state index contributed by atoms with van der Waals surface area (Å²) in [5, 5.41) is 0. The predicted octanol–water partition coefficient (Wildman–Crippen LogP) is 4.75. The first-order valence-corrected chi connectivity index (χ1v) is 8.03. The molecule has 0 bridgehead atoms. The lowest BCUT2D eigenvalue weighted by molar-refractivity contribution is -0.116. The smallest absolute Gasteiger partial charge is 0.159 e. The SMILES string of the molecule is C=CCC(=CCOC)C(=O)CC(C)CCCc1ccccc1. The van der Waals surface area contributed by atoms with E-state index in [1.165, 1.54) is 5.56 Å². The maximum Gasteiger partial charge on any atom is 0.159 e. The number of allylic oxidation sites excluding steroid dienone is 2. The van der Waals surface area contributed by atoms with Crippen molar-refractivity contribution in [1.82, 2.24) is 0 Å². The fourth-order valence-electron chi connectivity index (χ4n) is 2.50. The highest BCUT2D eigenvalue weighted by Gasteiger charge is 2.12. The minimum Gasteiger partial charge on any atom is -0.381 e. The molecule has 0 saturated carbocycles. The first-order chi connectivity index (χ1) is 10.7. The molecule has 0 aliphatic carbocycles. The van der Waals surface area contributed by atoms with E-state index in [2.05, 4.69) is 37.8 Å². The van der Waals surface area contributed by atoms with Gasteiger partial charge in [0.2, 0.25) is 0 Å². The number of ketones is 1. The summed E-state index contributed by atoms with van der Waals surface area (Å²) in [7, 11) is 1.64. The van der Waals surface area contributed by atoms with Crippen LogP contribution in [0.1, 0.15) is 38.2 Å². The molecule has 2 nitrogen and oxygen atoms in total. The molecule has 1 rings (SSSR count). The highest BCUT2D eigenvalue weighted by Crippen LogP contribution is 2.17. The van der Waals surface area contributed by atoms with Crippen LogP contribution in [0, 0.1) is 5.92 Å². The molecule has 1 aromatic carbocycles. The molecule has 0 aliphatic heterocycles. The Hall–Kier alpha value is -1.67. The zero-order chi connectivity index (χ0) is 16.2. The fraction of sp³-hybridized carbons (Fsp3) is 0.450. The van der Waals surface area contributed by atoms with Crippen LogP contribution in [-0.4, -0.2) is 19.5 Å². The molecule has 0 aliphatic rings. The topological polar surface area (TPSA) is 26.3 Å². The predicted molar refractivity (Wildman–Crippen MR) is 92.9 cm³/mol. The fourth-order valence-corrected chi connectivity index (χ4v) is 2.50. The van der Waals surface area contributed by atoms with Gasteiger partial charge in [-0.25, -0.2) is 0 Å². The normalized spacial score (nSPS) is 12.9. The minimum absolute atomic E-state index is 0.226. The van der Waals surface area contributed by atoms with Crippen LogP contribution in [-0.2, 0) is 16.0 Å². The first-order valence-electron chi connectivity index (χ1n) is 8.03. The van der Waals surface area contributed by atoms with Crippen LogP contribution in [0.3, 0.4) is 0 Å². The monoisotopic (exact) mass is 300 g/mol. The minimum atomic E-state index is 0.226. The summed E-state index contributed by atoms with van der Waals surface area (Å²) in [5.41, 5.74) is 2.19. The third kappa shape index (κ3) is 7.37. The van der Waals surface area contributed by atoms with Crippen molar-refractivity contribution in [3.63, 3.8) is 0 Å². The molecule has 0 saturated heterocycles. The summed E-state index contributed by atoms with van der Waals surface area (Å²) in [6.07, 6.45) is 8.17. The summed E-state index contributed by atoms with van der Waals surface area (Å²) in [4.78, 5) is 12.3. The van der Waals surface area contributed by atoms with E-state index in [0.717, 1.165) is 24.8 Å². The molecule has 0 N–H and O–H groups in total. The van der Waals surface area contributed by atoms with Crippen LogP contribution in [0.25, 0.3) is 0 Å². The largest absolute Gasteiger partial charge is 0.381 e. The molecule has 0 amide bonds. The van der Waals surface area contributed by atoms with E-state index in [1.54, 1.807) is 13.2 Å². The molecule has 0 aromatic heterocycles. The van der Waals surface area contributed by atoms with E-state index in [1.807, 2.05) is 12.1 Å². The first kappa shape index (κ1) is 18.4. The molecule has 1 unspecified atom stereocenters. The van der Waals surface area contributed by atoms with Crippen LogP contribution in [0.4, 0.5) is 0 Å². The van der Waals surface area contributed by atoms with Gasteiger partial charge in [-0.05, 0) is 42.7 Å². The number of hydrogen-bond donors (Lipinski definition) is 0. The van der Waals surface area contributed by atoms with Gasteiger partial charge < -0.3 is 4.74 Å². The quantitative estimate of drug-likeness (QED) is 0.435. The summed E-state index contributed by atoms with van der Waals surface area (Å²) >= 11 is 0. The standard InChI is InChI=1S/C20H28O2/c1-4-9-19(14-15-22-3)20(21)16-17(2)10-8-13-18-11-6-5-7-12-18/h4-7,11-12,14,17H,1,8-10,13,15-16H2,2-3H3. The van der Waals surface area contributed by atoms with Crippen molar-refractivity contribution in [1.29, 1.82) is 0 Å². The lowest BCUT2D eigenvalue weighted by Gasteiger charge is -2.12. The van der Waals surface area contributed by atoms with E-state index in [0.29, 0.717) is 25.4 Å². The van der Waals surface area contributed by atoms with Gasteiger partial charge in [-0.2, -0.15) is 0 Å². The molecule has 1 aromatic rings. The summed E-state index contributed by atoms with van der Waals surface area (Å²) in [6.45, 7) is 6.36. The molecule has 0 radical (unpaired) electrons. The van der Waals surface area contributed by atoms with E-state index in [-0.39, 0.29) is 5.78 Å². The lowest BCUT2D eigenvalue weighted by Crippen LogP contribution is -2.09. The van der Waals surface area contributed by atoms with Crippen molar-refractivity contribution in [3.05, 3.63) is 60.2 Å². The third-order valence-electron chi connectivity index (χ3n) is 3.76. The Balaban J connectivity index is 2.37. The molecule has 120 valence electrons. The van der Waals surface area contributed by atoms with E-state index in [9.17, 15) is 4.79 Å². The molecule has 0 heterocycles. The van der Waals surface area contributed by atoms with Gasteiger partial charge in [0.1, 0.15) is 0 Å². The molecular formula is C20H28O2. The Bertz CT molecular complexity index is 474.